The minimum absolute atomic E-state index is 0.0509. The van der Waals surface area contributed by atoms with Crippen molar-refractivity contribution >= 4 is 23.3 Å². The zero-order chi connectivity index (χ0) is 21.3. The minimum Gasteiger partial charge on any atom is -0.456 e. The Hall–Kier alpha value is -4.00. The van der Waals surface area contributed by atoms with Crippen molar-refractivity contribution in [3.8, 4) is 0 Å². The number of para-hydroxylation sites is 2. The SMILES string of the molecule is O=C(COC(=O)CC(c1ccccc1)c1ccccc1)Nc1ccccc1[N+](=O)[O-]. The largest absolute Gasteiger partial charge is 0.456 e. The summed E-state index contributed by atoms with van der Waals surface area (Å²) < 4.78 is 5.13. The summed E-state index contributed by atoms with van der Waals surface area (Å²) in [4.78, 5) is 35.0. The van der Waals surface area contributed by atoms with E-state index in [-0.39, 0.29) is 23.7 Å². The molecular formula is C23H20N2O5. The van der Waals surface area contributed by atoms with E-state index >= 15 is 0 Å². The third-order valence-electron chi connectivity index (χ3n) is 4.51. The lowest BCUT2D eigenvalue weighted by Crippen LogP contribution is -2.22. The second kappa shape index (κ2) is 9.97. The highest BCUT2D eigenvalue weighted by molar-refractivity contribution is 5.94. The summed E-state index contributed by atoms with van der Waals surface area (Å²) >= 11 is 0. The fourth-order valence-electron chi connectivity index (χ4n) is 3.10. The highest BCUT2D eigenvalue weighted by Crippen LogP contribution is 2.28. The van der Waals surface area contributed by atoms with Crippen LogP contribution in [0.25, 0.3) is 0 Å². The average molecular weight is 404 g/mol. The van der Waals surface area contributed by atoms with E-state index < -0.39 is 23.4 Å². The number of rotatable bonds is 8. The van der Waals surface area contributed by atoms with Crippen molar-refractivity contribution in [2.75, 3.05) is 11.9 Å². The number of amides is 1. The molecule has 0 heterocycles. The van der Waals surface area contributed by atoms with Crippen molar-refractivity contribution in [1.82, 2.24) is 0 Å². The number of nitrogens with zero attached hydrogens (tertiary/aromatic N) is 1. The molecule has 0 atom stereocenters. The molecule has 0 radical (unpaired) electrons. The Labute approximate surface area is 173 Å². The van der Waals surface area contributed by atoms with Gasteiger partial charge in [-0.3, -0.25) is 19.7 Å². The molecule has 0 unspecified atom stereocenters. The molecule has 3 aromatic carbocycles. The van der Waals surface area contributed by atoms with Crippen LogP contribution in [0.15, 0.2) is 84.9 Å². The molecule has 0 spiro atoms. The fraction of sp³-hybridized carbons (Fsp3) is 0.130. The first kappa shape index (κ1) is 20.7. The third-order valence-corrected chi connectivity index (χ3v) is 4.51. The smallest absolute Gasteiger partial charge is 0.307 e. The summed E-state index contributed by atoms with van der Waals surface area (Å²) in [6.07, 6.45) is 0.0623. The van der Waals surface area contributed by atoms with Crippen molar-refractivity contribution in [3.63, 3.8) is 0 Å². The van der Waals surface area contributed by atoms with E-state index in [2.05, 4.69) is 5.32 Å². The number of carbonyl (C=O) groups is 2. The molecule has 1 N–H and O–H groups in total. The van der Waals surface area contributed by atoms with Gasteiger partial charge in [0.1, 0.15) is 5.69 Å². The summed E-state index contributed by atoms with van der Waals surface area (Å²) in [5.41, 5.74) is 1.75. The predicted molar refractivity (Wildman–Crippen MR) is 112 cm³/mol. The molecule has 7 nitrogen and oxygen atoms in total. The van der Waals surface area contributed by atoms with Crippen LogP contribution in [0.1, 0.15) is 23.5 Å². The number of anilines is 1. The minimum atomic E-state index is -0.645. The number of nitro benzene ring substituents is 1. The van der Waals surface area contributed by atoms with Crippen LogP contribution >= 0.6 is 0 Å². The number of nitro groups is 1. The van der Waals surface area contributed by atoms with Crippen LogP contribution in [0.3, 0.4) is 0 Å². The normalized spacial score (nSPS) is 10.4. The maximum absolute atomic E-state index is 12.4. The molecule has 3 rings (SSSR count). The topological polar surface area (TPSA) is 98.5 Å². The average Bonchev–Trinajstić information content (AvgIpc) is 2.77. The molecule has 0 aliphatic carbocycles. The van der Waals surface area contributed by atoms with Crippen molar-refractivity contribution < 1.29 is 19.2 Å². The summed E-state index contributed by atoms with van der Waals surface area (Å²) in [6, 6.07) is 24.9. The van der Waals surface area contributed by atoms with Crippen molar-refractivity contribution in [3.05, 3.63) is 106 Å². The number of hydrogen-bond donors (Lipinski definition) is 1. The molecule has 0 aromatic heterocycles. The summed E-state index contributed by atoms with van der Waals surface area (Å²) in [6.45, 7) is -0.527. The fourth-order valence-corrected chi connectivity index (χ4v) is 3.10. The highest BCUT2D eigenvalue weighted by Gasteiger charge is 2.20. The molecule has 3 aromatic rings. The summed E-state index contributed by atoms with van der Waals surface area (Å²) in [5, 5.41) is 13.4. The monoisotopic (exact) mass is 404 g/mol. The van der Waals surface area contributed by atoms with Gasteiger partial charge in [-0.25, -0.2) is 0 Å². The second-order valence-corrected chi connectivity index (χ2v) is 6.56. The first-order valence-electron chi connectivity index (χ1n) is 9.33. The Morgan fingerprint density at radius 3 is 1.97 bits per heavy atom. The van der Waals surface area contributed by atoms with Crippen molar-refractivity contribution in [2.45, 2.75) is 12.3 Å². The summed E-state index contributed by atoms with van der Waals surface area (Å²) in [5.74, 6) is -1.39. The number of esters is 1. The maximum atomic E-state index is 12.4. The second-order valence-electron chi connectivity index (χ2n) is 6.56. The molecule has 0 aliphatic rings. The quantitative estimate of drug-likeness (QED) is 0.343. The molecule has 30 heavy (non-hydrogen) atoms. The Kier molecular flexibility index (Phi) is 6.89. The highest BCUT2D eigenvalue weighted by atomic mass is 16.6. The Bertz CT molecular complexity index is 983. The lowest BCUT2D eigenvalue weighted by Gasteiger charge is -2.17. The van der Waals surface area contributed by atoms with E-state index in [4.69, 9.17) is 4.74 Å². The van der Waals surface area contributed by atoms with E-state index in [1.165, 1.54) is 18.2 Å². The van der Waals surface area contributed by atoms with Crippen LogP contribution < -0.4 is 5.32 Å². The van der Waals surface area contributed by atoms with Crippen molar-refractivity contribution in [2.24, 2.45) is 0 Å². The first-order chi connectivity index (χ1) is 14.5. The van der Waals surface area contributed by atoms with Gasteiger partial charge in [0.25, 0.3) is 11.6 Å². The van der Waals surface area contributed by atoms with E-state index in [0.29, 0.717) is 0 Å². The van der Waals surface area contributed by atoms with Gasteiger partial charge in [0.2, 0.25) is 0 Å². The number of benzene rings is 3. The zero-order valence-corrected chi connectivity index (χ0v) is 16.1. The molecule has 1 amide bonds. The van der Waals surface area contributed by atoms with Crippen LogP contribution in [0.2, 0.25) is 0 Å². The summed E-state index contributed by atoms with van der Waals surface area (Å²) in [7, 11) is 0. The van der Waals surface area contributed by atoms with Crippen LogP contribution in [0.4, 0.5) is 11.4 Å². The Morgan fingerprint density at radius 2 is 1.40 bits per heavy atom. The molecule has 0 saturated carbocycles. The molecular weight excluding hydrogens is 384 g/mol. The van der Waals surface area contributed by atoms with E-state index in [1.807, 2.05) is 60.7 Å². The van der Waals surface area contributed by atoms with E-state index in [1.54, 1.807) is 6.07 Å². The Balaban J connectivity index is 1.62. The molecule has 152 valence electrons. The standard InChI is InChI=1S/C23H20N2O5/c26-22(24-20-13-7-8-14-21(20)25(28)29)16-30-23(27)15-19(17-9-3-1-4-10-17)18-11-5-2-6-12-18/h1-14,19H,15-16H2,(H,24,26). The first-order valence-corrected chi connectivity index (χ1v) is 9.33. The Morgan fingerprint density at radius 1 is 0.867 bits per heavy atom. The predicted octanol–water partition coefficient (Wildman–Crippen LogP) is 4.30. The number of hydrogen-bond acceptors (Lipinski definition) is 5. The number of ether oxygens (including phenoxy) is 1. The molecule has 0 bridgehead atoms. The van der Waals surface area contributed by atoms with Gasteiger partial charge < -0.3 is 10.1 Å². The van der Waals surface area contributed by atoms with Gasteiger partial charge in [-0.15, -0.1) is 0 Å². The molecule has 0 aliphatic heterocycles. The zero-order valence-electron chi connectivity index (χ0n) is 16.1. The van der Waals surface area contributed by atoms with Crippen LogP contribution in [-0.2, 0) is 14.3 Å². The van der Waals surface area contributed by atoms with Crippen LogP contribution in [0, 0.1) is 10.1 Å². The molecule has 0 fully saturated rings. The van der Waals surface area contributed by atoms with Gasteiger partial charge in [0, 0.05) is 12.0 Å². The van der Waals surface area contributed by atoms with Gasteiger partial charge in [0.05, 0.1) is 11.3 Å². The lowest BCUT2D eigenvalue weighted by molar-refractivity contribution is -0.383. The van der Waals surface area contributed by atoms with E-state index in [9.17, 15) is 19.7 Å². The van der Waals surface area contributed by atoms with Gasteiger partial charge in [-0.05, 0) is 17.2 Å². The van der Waals surface area contributed by atoms with Crippen LogP contribution in [-0.4, -0.2) is 23.4 Å². The van der Waals surface area contributed by atoms with E-state index in [0.717, 1.165) is 11.1 Å². The third kappa shape index (κ3) is 5.51. The van der Waals surface area contributed by atoms with Gasteiger partial charge >= 0.3 is 5.97 Å². The maximum Gasteiger partial charge on any atom is 0.307 e. The lowest BCUT2D eigenvalue weighted by atomic mass is 9.89. The molecule has 7 heteroatoms. The van der Waals surface area contributed by atoms with Gasteiger partial charge in [-0.2, -0.15) is 0 Å². The number of carbonyl (C=O) groups excluding carboxylic acids is 2. The van der Waals surface area contributed by atoms with Gasteiger partial charge in [-0.1, -0.05) is 72.8 Å². The van der Waals surface area contributed by atoms with Gasteiger partial charge in [0.15, 0.2) is 6.61 Å². The van der Waals surface area contributed by atoms with Crippen molar-refractivity contribution in [1.29, 1.82) is 0 Å². The molecule has 0 saturated heterocycles. The number of nitrogens with one attached hydrogen (secondary N) is 1. The van der Waals surface area contributed by atoms with Crippen LogP contribution in [0.5, 0.6) is 0 Å².